The summed E-state index contributed by atoms with van der Waals surface area (Å²) in [5.74, 6) is -0.161. The van der Waals surface area contributed by atoms with Crippen molar-refractivity contribution in [1.82, 2.24) is 14.5 Å². The van der Waals surface area contributed by atoms with Crippen LogP contribution in [0.15, 0.2) is 83.9 Å². The molecule has 3 aromatic carbocycles. The molecule has 0 atom stereocenters. The lowest BCUT2D eigenvalue weighted by Crippen LogP contribution is -2.36. The normalized spacial score (nSPS) is 11.5. The van der Waals surface area contributed by atoms with Gasteiger partial charge in [-0.15, -0.1) is 0 Å². The summed E-state index contributed by atoms with van der Waals surface area (Å²) in [4.78, 5) is 20.6. The summed E-state index contributed by atoms with van der Waals surface area (Å²) < 4.78 is 36.3. The van der Waals surface area contributed by atoms with E-state index in [1.807, 2.05) is 11.5 Å². The van der Waals surface area contributed by atoms with Gasteiger partial charge >= 0.3 is 5.97 Å². The minimum absolute atomic E-state index is 0.0363. The number of aryl methyl sites for hydroxylation is 1. The first-order chi connectivity index (χ1) is 19.2. The maximum absolute atomic E-state index is 13.8. The highest BCUT2D eigenvalue weighted by atomic mass is 32.2. The van der Waals surface area contributed by atoms with E-state index in [1.54, 1.807) is 66.7 Å². The molecule has 2 heterocycles. The van der Waals surface area contributed by atoms with E-state index in [1.165, 1.54) is 12.3 Å². The Hall–Kier alpha value is -4.97. The number of aromatic nitrogens is 3. The van der Waals surface area contributed by atoms with Crippen LogP contribution in [-0.2, 0) is 28.0 Å². The maximum atomic E-state index is 13.8. The van der Waals surface area contributed by atoms with Crippen molar-refractivity contribution in [2.75, 3.05) is 10.8 Å². The molecule has 0 saturated carbocycles. The number of pyridine rings is 1. The van der Waals surface area contributed by atoms with Crippen molar-refractivity contribution in [1.29, 1.82) is 5.41 Å². The van der Waals surface area contributed by atoms with Crippen molar-refractivity contribution in [2.45, 2.75) is 25.0 Å². The number of imidazole rings is 1. The Balaban J connectivity index is 1.51. The van der Waals surface area contributed by atoms with E-state index < -0.39 is 22.5 Å². The second-order valence-electron chi connectivity index (χ2n) is 8.91. The van der Waals surface area contributed by atoms with Crippen LogP contribution >= 0.6 is 0 Å². The second kappa shape index (κ2) is 10.7. The zero-order chi connectivity index (χ0) is 28.4. The number of hydrogen-bond donors (Lipinski definition) is 3. The lowest BCUT2D eigenvalue weighted by molar-refractivity contribution is -0.135. The topological polar surface area (TPSA) is 164 Å². The number of aliphatic carboxylic acids is 1. The van der Waals surface area contributed by atoms with E-state index in [9.17, 15) is 18.3 Å². The zero-order valence-corrected chi connectivity index (χ0v) is 22.3. The van der Waals surface area contributed by atoms with Crippen LogP contribution in [0.25, 0.3) is 21.9 Å². The molecule has 2 aromatic heterocycles. The molecule has 40 heavy (non-hydrogen) atoms. The van der Waals surface area contributed by atoms with Crippen molar-refractivity contribution in [3.8, 4) is 5.75 Å². The molecule has 0 aliphatic carbocycles. The predicted molar refractivity (Wildman–Crippen MR) is 151 cm³/mol. The van der Waals surface area contributed by atoms with Crippen LogP contribution in [-0.4, -0.2) is 46.4 Å². The number of fused-ring (bicyclic) bond motifs is 2. The van der Waals surface area contributed by atoms with E-state index in [-0.39, 0.29) is 28.5 Å². The molecule has 204 valence electrons. The number of para-hydroxylation sites is 1. The Labute approximate surface area is 230 Å². The number of amidine groups is 1. The lowest BCUT2D eigenvalue weighted by atomic mass is 10.2. The van der Waals surface area contributed by atoms with E-state index >= 15 is 0 Å². The van der Waals surface area contributed by atoms with Crippen LogP contribution in [0.1, 0.15) is 18.3 Å². The molecule has 4 N–H and O–H groups in total. The fraction of sp³-hybridized carbons (Fsp3) is 0.143. The molecule has 12 heteroatoms. The van der Waals surface area contributed by atoms with Gasteiger partial charge in [-0.1, -0.05) is 18.2 Å². The van der Waals surface area contributed by atoms with Gasteiger partial charge in [-0.2, -0.15) is 0 Å². The minimum atomic E-state index is -4.30. The molecule has 0 saturated heterocycles. The number of anilines is 1. The molecular weight excluding hydrogens is 532 g/mol. The molecular formula is C28H26N6O5S. The van der Waals surface area contributed by atoms with E-state index in [4.69, 9.17) is 15.9 Å². The number of ether oxygens (including phenoxy) is 1. The van der Waals surface area contributed by atoms with Gasteiger partial charge in [0.25, 0.3) is 10.0 Å². The summed E-state index contributed by atoms with van der Waals surface area (Å²) in [5, 5.41) is 17.8. The molecule has 11 nitrogen and oxygen atoms in total. The van der Waals surface area contributed by atoms with E-state index in [0.717, 1.165) is 9.82 Å². The van der Waals surface area contributed by atoms with Crippen molar-refractivity contribution in [3.63, 3.8) is 0 Å². The summed E-state index contributed by atoms with van der Waals surface area (Å²) in [6.45, 7) is 1.89. The van der Waals surface area contributed by atoms with Crippen molar-refractivity contribution in [3.05, 3.63) is 90.4 Å². The number of nitrogen functional groups attached to an aromatic ring is 1. The van der Waals surface area contributed by atoms with Crippen molar-refractivity contribution in [2.24, 2.45) is 5.73 Å². The first-order valence-electron chi connectivity index (χ1n) is 12.3. The standard InChI is InChI=1S/C28H26N6O5S/c1-2-33-23-13-10-20(15-22(23)32-25(33)17-39-21-11-8-19(9-12-21)28(29)30)34(16-26(35)36)40(37,38)24-7-3-5-18-6-4-14-31-27(18)24/h3-15H,2,16-17H2,1H3,(H3,29,30)(H,35,36). The Bertz CT molecular complexity index is 1850. The van der Waals surface area contributed by atoms with Crippen molar-refractivity contribution < 1.29 is 23.1 Å². The van der Waals surface area contributed by atoms with E-state index in [2.05, 4.69) is 9.97 Å². The van der Waals surface area contributed by atoms with Gasteiger partial charge in [0.2, 0.25) is 0 Å². The molecule has 0 amide bonds. The molecule has 0 aliphatic rings. The maximum Gasteiger partial charge on any atom is 0.324 e. The number of carboxylic acids is 1. The monoisotopic (exact) mass is 558 g/mol. The van der Waals surface area contributed by atoms with Crippen LogP contribution < -0.4 is 14.8 Å². The number of nitrogens with zero attached hydrogens (tertiary/aromatic N) is 4. The number of hydrogen-bond acceptors (Lipinski definition) is 7. The van der Waals surface area contributed by atoms with Crippen LogP contribution in [0.5, 0.6) is 5.75 Å². The number of nitrogens with two attached hydrogens (primary N) is 1. The average Bonchev–Trinajstić information content (AvgIpc) is 3.31. The summed E-state index contributed by atoms with van der Waals surface area (Å²) in [6.07, 6.45) is 1.49. The molecule has 0 fully saturated rings. The number of carbonyl (C=O) groups is 1. The number of benzene rings is 3. The van der Waals surface area contributed by atoms with Crippen LogP contribution in [0.3, 0.4) is 0 Å². The van der Waals surface area contributed by atoms with Crippen molar-refractivity contribution >= 4 is 49.5 Å². The second-order valence-corrected chi connectivity index (χ2v) is 10.7. The Morgan fingerprint density at radius 2 is 1.85 bits per heavy atom. The highest BCUT2D eigenvalue weighted by Crippen LogP contribution is 2.30. The number of rotatable bonds is 10. The molecule has 0 aliphatic heterocycles. The van der Waals surface area contributed by atoms with E-state index in [0.29, 0.717) is 34.6 Å². The van der Waals surface area contributed by atoms with Gasteiger partial charge in [-0.25, -0.2) is 13.4 Å². The van der Waals surface area contributed by atoms with Gasteiger partial charge in [-0.05, 0) is 61.5 Å². The SMILES string of the molecule is CCn1c(COc2ccc(C(=N)N)cc2)nc2cc(N(CC(=O)O)S(=O)(=O)c3cccc4cccnc34)ccc21. The highest BCUT2D eigenvalue weighted by molar-refractivity contribution is 7.93. The Morgan fingerprint density at radius 3 is 2.55 bits per heavy atom. The molecule has 0 spiro atoms. The van der Waals surface area contributed by atoms with Gasteiger partial charge in [0.1, 0.15) is 35.5 Å². The third-order valence-corrected chi connectivity index (χ3v) is 8.20. The third-order valence-electron chi connectivity index (χ3n) is 6.39. The number of nitrogens with one attached hydrogen (secondary N) is 1. The lowest BCUT2D eigenvalue weighted by Gasteiger charge is -2.23. The molecule has 0 bridgehead atoms. The third kappa shape index (κ3) is 5.04. The molecule has 5 aromatic rings. The van der Waals surface area contributed by atoms with Gasteiger partial charge in [-0.3, -0.25) is 19.5 Å². The van der Waals surface area contributed by atoms with Gasteiger partial charge < -0.3 is 20.1 Å². The Kier molecular flexibility index (Phi) is 7.09. The van der Waals surface area contributed by atoms with Crippen LogP contribution in [0.2, 0.25) is 0 Å². The predicted octanol–water partition coefficient (Wildman–Crippen LogP) is 3.75. The smallest absolute Gasteiger partial charge is 0.324 e. The van der Waals surface area contributed by atoms with Gasteiger partial charge in [0.05, 0.1) is 22.2 Å². The number of sulfonamides is 1. The zero-order valence-electron chi connectivity index (χ0n) is 21.5. The number of carboxylic acid groups (broad SMARTS) is 1. The van der Waals surface area contributed by atoms with Gasteiger partial charge in [0.15, 0.2) is 0 Å². The molecule has 5 rings (SSSR count). The van der Waals surface area contributed by atoms with Crippen LogP contribution in [0, 0.1) is 5.41 Å². The van der Waals surface area contributed by atoms with Crippen LogP contribution in [0.4, 0.5) is 5.69 Å². The quantitative estimate of drug-likeness (QED) is 0.172. The summed E-state index contributed by atoms with van der Waals surface area (Å²) in [6, 6.07) is 19.9. The Morgan fingerprint density at radius 1 is 1.10 bits per heavy atom. The summed E-state index contributed by atoms with van der Waals surface area (Å²) >= 11 is 0. The largest absolute Gasteiger partial charge is 0.486 e. The summed E-state index contributed by atoms with van der Waals surface area (Å²) in [7, 11) is -4.30. The average molecular weight is 559 g/mol. The first kappa shape index (κ1) is 26.6. The molecule has 0 radical (unpaired) electrons. The summed E-state index contributed by atoms with van der Waals surface area (Å²) in [5.41, 5.74) is 7.75. The fourth-order valence-electron chi connectivity index (χ4n) is 4.51. The molecule has 0 unspecified atom stereocenters. The van der Waals surface area contributed by atoms with Gasteiger partial charge in [0, 0.05) is 23.7 Å². The highest BCUT2D eigenvalue weighted by Gasteiger charge is 2.30. The first-order valence-corrected chi connectivity index (χ1v) is 13.8. The fourth-order valence-corrected chi connectivity index (χ4v) is 6.08. The minimum Gasteiger partial charge on any atom is -0.486 e.